The van der Waals surface area contributed by atoms with Gasteiger partial charge in [0, 0.05) is 11.8 Å². The van der Waals surface area contributed by atoms with E-state index in [1.807, 2.05) is 26.8 Å². The largest absolute Gasteiger partial charge is 0.497 e. The molecule has 6 nitrogen and oxygen atoms in total. The average Bonchev–Trinajstić information content (AvgIpc) is 2.74. The number of carbonyl (C=O) groups excluding carboxylic acids is 1. The summed E-state index contributed by atoms with van der Waals surface area (Å²) in [5, 5.41) is 2.75. The van der Waals surface area contributed by atoms with Gasteiger partial charge in [0.1, 0.15) is 12.3 Å². The Morgan fingerprint density at radius 2 is 1.65 bits per heavy atom. The molecular weight excluding hydrogens is 412 g/mol. The van der Waals surface area contributed by atoms with Crippen molar-refractivity contribution >= 4 is 27.3 Å². The van der Waals surface area contributed by atoms with Crippen molar-refractivity contribution in [1.82, 2.24) is 0 Å². The van der Waals surface area contributed by atoms with Crippen molar-refractivity contribution < 1.29 is 17.9 Å². The molecule has 0 aromatic heterocycles. The number of nitrogens with zero attached hydrogens (tertiary/aromatic N) is 1. The molecule has 0 saturated heterocycles. The molecule has 0 aliphatic rings. The fourth-order valence-corrected chi connectivity index (χ4v) is 4.48. The number of rotatable bonds is 7. The summed E-state index contributed by atoms with van der Waals surface area (Å²) < 4.78 is 33.2. The molecule has 3 aromatic carbocycles. The Kier molecular flexibility index (Phi) is 6.65. The van der Waals surface area contributed by atoms with E-state index in [4.69, 9.17) is 4.74 Å². The first-order valence-corrected chi connectivity index (χ1v) is 11.3. The molecule has 1 amide bonds. The van der Waals surface area contributed by atoms with E-state index in [0.29, 0.717) is 17.1 Å². The Morgan fingerprint density at radius 1 is 0.935 bits per heavy atom. The first kappa shape index (κ1) is 22.4. The summed E-state index contributed by atoms with van der Waals surface area (Å²) in [7, 11) is -2.41. The van der Waals surface area contributed by atoms with Gasteiger partial charge in [0.2, 0.25) is 5.91 Å². The SMILES string of the molecule is COc1cccc(NC(=O)CN(c2ccc(C)c(C)c2)S(=O)(=O)c2ccc(C)cc2)c1. The fraction of sp³-hybridized carbons (Fsp3) is 0.208. The first-order valence-electron chi connectivity index (χ1n) is 9.81. The maximum Gasteiger partial charge on any atom is 0.264 e. The van der Waals surface area contributed by atoms with Crippen LogP contribution in [0.1, 0.15) is 16.7 Å². The van der Waals surface area contributed by atoms with Crippen molar-refractivity contribution in [1.29, 1.82) is 0 Å². The number of nitrogens with one attached hydrogen (secondary N) is 1. The van der Waals surface area contributed by atoms with Crippen LogP contribution in [0.2, 0.25) is 0 Å². The van der Waals surface area contributed by atoms with Gasteiger partial charge in [-0.2, -0.15) is 0 Å². The molecule has 7 heteroatoms. The van der Waals surface area contributed by atoms with Crippen molar-refractivity contribution in [3.05, 3.63) is 83.4 Å². The molecule has 3 aromatic rings. The van der Waals surface area contributed by atoms with Gasteiger partial charge in [-0.15, -0.1) is 0 Å². The van der Waals surface area contributed by atoms with Crippen LogP contribution in [0.3, 0.4) is 0 Å². The maximum absolute atomic E-state index is 13.5. The Hall–Kier alpha value is -3.32. The summed E-state index contributed by atoms with van der Waals surface area (Å²) in [5.41, 5.74) is 3.89. The number of anilines is 2. The lowest BCUT2D eigenvalue weighted by Crippen LogP contribution is -2.38. The lowest BCUT2D eigenvalue weighted by atomic mass is 10.1. The van der Waals surface area contributed by atoms with Crippen molar-refractivity contribution in [2.45, 2.75) is 25.7 Å². The van der Waals surface area contributed by atoms with E-state index in [1.54, 1.807) is 60.7 Å². The van der Waals surface area contributed by atoms with Gasteiger partial charge in [0.15, 0.2) is 0 Å². The molecule has 0 unspecified atom stereocenters. The minimum absolute atomic E-state index is 0.130. The minimum atomic E-state index is -3.95. The van der Waals surface area contributed by atoms with Gasteiger partial charge < -0.3 is 10.1 Å². The van der Waals surface area contributed by atoms with Crippen LogP contribution in [-0.4, -0.2) is 28.0 Å². The second kappa shape index (κ2) is 9.22. The van der Waals surface area contributed by atoms with Crippen molar-refractivity contribution in [3.8, 4) is 5.75 Å². The second-order valence-electron chi connectivity index (χ2n) is 7.37. The Bertz CT molecular complexity index is 1190. The van der Waals surface area contributed by atoms with Crippen LogP contribution in [0.25, 0.3) is 0 Å². The summed E-state index contributed by atoms with van der Waals surface area (Å²) in [6, 6.07) is 18.8. The van der Waals surface area contributed by atoms with Crippen LogP contribution < -0.4 is 14.4 Å². The molecule has 1 N–H and O–H groups in total. The van der Waals surface area contributed by atoms with Gasteiger partial charge in [-0.1, -0.05) is 29.8 Å². The predicted molar refractivity (Wildman–Crippen MR) is 123 cm³/mol. The number of ether oxygens (including phenoxy) is 1. The van der Waals surface area contributed by atoms with E-state index in [2.05, 4.69) is 5.32 Å². The van der Waals surface area contributed by atoms with Gasteiger partial charge >= 0.3 is 0 Å². The molecule has 3 rings (SSSR count). The first-order chi connectivity index (χ1) is 14.7. The lowest BCUT2D eigenvalue weighted by molar-refractivity contribution is -0.114. The number of sulfonamides is 1. The monoisotopic (exact) mass is 438 g/mol. The van der Waals surface area contributed by atoms with Gasteiger partial charge in [0.25, 0.3) is 10.0 Å². The quantitative estimate of drug-likeness (QED) is 0.591. The molecule has 0 atom stereocenters. The van der Waals surface area contributed by atoms with Gasteiger partial charge in [-0.05, 0) is 68.3 Å². The summed E-state index contributed by atoms with van der Waals surface area (Å²) in [6.07, 6.45) is 0. The third kappa shape index (κ3) is 5.24. The molecule has 0 bridgehead atoms. The molecule has 0 heterocycles. The number of carbonyl (C=O) groups is 1. The topological polar surface area (TPSA) is 75.7 Å². The minimum Gasteiger partial charge on any atom is -0.497 e. The highest BCUT2D eigenvalue weighted by atomic mass is 32.2. The van der Waals surface area contributed by atoms with Crippen LogP contribution >= 0.6 is 0 Å². The Balaban J connectivity index is 1.96. The third-order valence-electron chi connectivity index (χ3n) is 5.03. The summed E-state index contributed by atoms with van der Waals surface area (Å²) in [4.78, 5) is 13.0. The number of hydrogen-bond acceptors (Lipinski definition) is 4. The third-order valence-corrected chi connectivity index (χ3v) is 6.82. The predicted octanol–water partition coefficient (Wildman–Crippen LogP) is 4.45. The zero-order valence-electron chi connectivity index (χ0n) is 18.0. The molecule has 0 spiro atoms. The van der Waals surface area contributed by atoms with Gasteiger partial charge in [-0.25, -0.2) is 8.42 Å². The Labute approximate surface area is 183 Å². The van der Waals surface area contributed by atoms with E-state index in [1.165, 1.54) is 7.11 Å². The zero-order chi connectivity index (χ0) is 22.6. The zero-order valence-corrected chi connectivity index (χ0v) is 18.9. The molecular formula is C24H26N2O4S. The van der Waals surface area contributed by atoms with Crippen LogP contribution in [0, 0.1) is 20.8 Å². The van der Waals surface area contributed by atoms with Crippen molar-refractivity contribution in [2.24, 2.45) is 0 Å². The summed E-state index contributed by atoms with van der Waals surface area (Å²) in [6.45, 7) is 5.38. The average molecular weight is 439 g/mol. The molecule has 0 aliphatic heterocycles. The molecule has 31 heavy (non-hydrogen) atoms. The van der Waals surface area contributed by atoms with E-state index in [9.17, 15) is 13.2 Å². The molecule has 0 aliphatic carbocycles. The van der Waals surface area contributed by atoms with Gasteiger partial charge in [0.05, 0.1) is 17.7 Å². The summed E-state index contributed by atoms with van der Waals surface area (Å²) in [5.74, 6) is 0.137. The number of methoxy groups -OCH3 is 1. The number of amides is 1. The molecule has 0 fully saturated rings. The second-order valence-corrected chi connectivity index (χ2v) is 9.24. The van der Waals surface area contributed by atoms with E-state index in [0.717, 1.165) is 21.0 Å². The Morgan fingerprint density at radius 3 is 2.29 bits per heavy atom. The van der Waals surface area contributed by atoms with Crippen LogP contribution in [0.5, 0.6) is 5.75 Å². The van der Waals surface area contributed by atoms with Crippen LogP contribution in [0.4, 0.5) is 11.4 Å². The van der Waals surface area contributed by atoms with E-state index < -0.39 is 15.9 Å². The van der Waals surface area contributed by atoms with E-state index >= 15 is 0 Å². The number of hydrogen-bond donors (Lipinski definition) is 1. The highest BCUT2D eigenvalue weighted by Gasteiger charge is 2.27. The normalized spacial score (nSPS) is 11.1. The fourth-order valence-electron chi connectivity index (χ4n) is 3.07. The number of aryl methyl sites for hydroxylation is 3. The standard InChI is InChI=1S/C24H26N2O4S/c1-17-8-12-23(13-9-17)31(28,29)26(21-11-10-18(2)19(3)14-21)16-24(27)25-20-6-5-7-22(15-20)30-4/h5-15H,16H2,1-4H3,(H,25,27). The number of benzene rings is 3. The summed E-state index contributed by atoms with van der Waals surface area (Å²) >= 11 is 0. The molecule has 0 radical (unpaired) electrons. The van der Waals surface area contributed by atoms with Crippen molar-refractivity contribution in [2.75, 3.05) is 23.3 Å². The lowest BCUT2D eigenvalue weighted by Gasteiger charge is -2.25. The molecule has 0 saturated carbocycles. The highest BCUT2D eigenvalue weighted by Crippen LogP contribution is 2.26. The van der Waals surface area contributed by atoms with Crippen LogP contribution in [-0.2, 0) is 14.8 Å². The smallest absolute Gasteiger partial charge is 0.264 e. The van der Waals surface area contributed by atoms with Crippen LogP contribution in [0.15, 0.2) is 71.6 Å². The maximum atomic E-state index is 13.5. The van der Waals surface area contributed by atoms with E-state index in [-0.39, 0.29) is 11.4 Å². The molecule has 162 valence electrons. The van der Waals surface area contributed by atoms with Crippen molar-refractivity contribution in [3.63, 3.8) is 0 Å². The highest BCUT2D eigenvalue weighted by molar-refractivity contribution is 7.92. The van der Waals surface area contributed by atoms with Gasteiger partial charge in [-0.3, -0.25) is 9.10 Å².